The van der Waals surface area contributed by atoms with E-state index in [1.807, 2.05) is 38.4 Å². The summed E-state index contributed by atoms with van der Waals surface area (Å²) in [5.41, 5.74) is 2.19. The van der Waals surface area contributed by atoms with Crippen molar-refractivity contribution in [1.82, 2.24) is 0 Å². The number of rotatable bonds is 0. The van der Waals surface area contributed by atoms with Crippen LogP contribution in [0.1, 0.15) is 0 Å². The topological polar surface area (TPSA) is 32.5 Å². The van der Waals surface area contributed by atoms with E-state index in [-0.39, 0.29) is 0 Å². The van der Waals surface area contributed by atoms with Gasteiger partial charge in [-0.05, 0) is 30.0 Å². The van der Waals surface area contributed by atoms with Crippen LogP contribution in [0.4, 0.5) is 0 Å². The van der Waals surface area contributed by atoms with Crippen LogP contribution in [0.25, 0.3) is 10.8 Å². The summed E-state index contributed by atoms with van der Waals surface area (Å²) in [6, 6.07) is 9.54. The van der Waals surface area contributed by atoms with Gasteiger partial charge in [-0.15, -0.1) is 0 Å². The molecule has 0 saturated carbocycles. The van der Waals surface area contributed by atoms with E-state index in [1.165, 1.54) is 0 Å². The van der Waals surface area contributed by atoms with Gasteiger partial charge >= 0.3 is 0 Å². The van der Waals surface area contributed by atoms with E-state index >= 15 is 0 Å². The standard InChI is InChI=1S/C19H15NO2S/c1-20(2)13-9-7-12(8-10-13)19-22-18-15-6-4-3-5-14(15)16(21)11-17(18)23-19/h3-11H,1-2H3/p+1. The highest BCUT2D eigenvalue weighted by molar-refractivity contribution is 8.03. The summed E-state index contributed by atoms with van der Waals surface area (Å²) >= 11 is 1.55. The fourth-order valence-electron chi connectivity index (χ4n) is 2.71. The van der Waals surface area contributed by atoms with Crippen molar-refractivity contribution in [3.63, 3.8) is 0 Å². The van der Waals surface area contributed by atoms with E-state index < -0.39 is 0 Å². The lowest BCUT2D eigenvalue weighted by atomic mass is 10.1. The minimum Gasteiger partial charge on any atom is -0.507 e. The molecule has 2 aromatic carbocycles. The molecule has 0 saturated heterocycles. The number of nitrogens with zero attached hydrogens (tertiary/aromatic N) is 1. The predicted molar refractivity (Wildman–Crippen MR) is 94.5 cm³/mol. The number of thioether (sulfide) groups is 1. The van der Waals surface area contributed by atoms with E-state index in [2.05, 4.69) is 28.9 Å². The predicted octanol–water partition coefficient (Wildman–Crippen LogP) is 4.08. The van der Waals surface area contributed by atoms with Crippen molar-refractivity contribution in [3.8, 4) is 11.5 Å². The molecule has 0 unspecified atom stereocenters. The van der Waals surface area contributed by atoms with Crippen LogP contribution in [0, 0.1) is 0 Å². The molecule has 114 valence electrons. The molecule has 23 heavy (non-hydrogen) atoms. The maximum Gasteiger partial charge on any atom is 0.199 e. The van der Waals surface area contributed by atoms with Crippen molar-refractivity contribution < 1.29 is 14.4 Å². The lowest BCUT2D eigenvalue weighted by molar-refractivity contribution is -0.462. The van der Waals surface area contributed by atoms with Gasteiger partial charge in [-0.2, -0.15) is 0 Å². The summed E-state index contributed by atoms with van der Waals surface area (Å²) in [6.07, 6.45) is 8.27. The Bertz CT molecular complexity index is 929. The zero-order valence-corrected chi connectivity index (χ0v) is 13.7. The first-order chi connectivity index (χ1) is 11.1. The number of aromatic hydroxyl groups is 1. The van der Waals surface area contributed by atoms with Gasteiger partial charge in [0.1, 0.15) is 25.6 Å². The lowest BCUT2D eigenvalue weighted by Gasteiger charge is -2.07. The van der Waals surface area contributed by atoms with Crippen LogP contribution in [-0.4, -0.2) is 29.5 Å². The van der Waals surface area contributed by atoms with E-state index in [0.29, 0.717) is 5.75 Å². The lowest BCUT2D eigenvalue weighted by Crippen LogP contribution is -2.10. The van der Waals surface area contributed by atoms with Crippen molar-refractivity contribution >= 4 is 28.2 Å². The molecule has 4 heteroatoms. The number of benzene rings is 2. The third kappa shape index (κ3) is 2.35. The first-order valence-corrected chi connectivity index (χ1v) is 8.20. The Morgan fingerprint density at radius 3 is 2.39 bits per heavy atom. The normalized spacial score (nSPS) is 16.0. The van der Waals surface area contributed by atoms with Gasteiger partial charge in [0.15, 0.2) is 10.8 Å². The van der Waals surface area contributed by atoms with Crippen LogP contribution < -0.4 is 4.74 Å². The second-order valence-corrected chi connectivity index (χ2v) is 6.72. The number of phenols is 1. The molecule has 0 fully saturated rings. The highest BCUT2D eigenvalue weighted by Crippen LogP contribution is 2.50. The summed E-state index contributed by atoms with van der Waals surface area (Å²) in [4.78, 5) is 0.952. The zero-order valence-electron chi connectivity index (χ0n) is 12.9. The number of hydrogen-bond donors (Lipinski definition) is 1. The molecule has 0 aromatic heterocycles. The number of allylic oxidation sites excluding steroid dienone is 5. The number of fused-ring (bicyclic) bond motifs is 3. The third-order valence-corrected chi connectivity index (χ3v) is 4.98. The molecule has 1 aliphatic carbocycles. The maximum absolute atomic E-state index is 10.2. The molecule has 0 amide bonds. The molecule has 2 aliphatic rings. The first kappa shape index (κ1) is 14.2. The second kappa shape index (κ2) is 5.32. The highest BCUT2D eigenvalue weighted by atomic mass is 32.2. The van der Waals surface area contributed by atoms with Crippen molar-refractivity contribution in [2.24, 2.45) is 0 Å². The second-order valence-electron chi connectivity index (χ2n) is 5.70. The quantitative estimate of drug-likeness (QED) is 0.742. The van der Waals surface area contributed by atoms with Gasteiger partial charge in [0.05, 0.1) is 4.90 Å². The monoisotopic (exact) mass is 322 g/mol. The van der Waals surface area contributed by atoms with Crippen molar-refractivity contribution in [2.45, 2.75) is 4.90 Å². The molecule has 3 nitrogen and oxygen atoms in total. The molecule has 0 bridgehead atoms. The van der Waals surface area contributed by atoms with Crippen molar-refractivity contribution in [2.75, 3.05) is 14.1 Å². The van der Waals surface area contributed by atoms with Gasteiger partial charge < -0.3 is 9.84 Å². The van der Waals surface area contributed by atoms with E-state index in [4.69, 9.17) is 4.74 Å². The molecule has 1 N–H and O–H groups in total. The van der Waals surface area contributed by atoms with Gasteiger partial charge in [0.2, 0.25) is 0 Å². The maximum atomic E-state index is 10.2. The Morgan fingerprint density at radius 1 is 1.00 bits per heavy atom. The summed E-state index contributed by atoms with van der Waals surface area (Å²) in [7, 11) is 4.04. The molecule has 0 atom stereocenters. The molecule has 0 spiro atoms. The molecule has 1 heterocycles. The third-order valence-electron chi connectivity index (χ3n) is 3.96. The number of hydrogen-bond acceptors (Lipinski definition) is 3. The van der Waals surface area contributed by atoms with Crippen LogP contribution in [0.5, 0.6) is 11.5 Å². The van der Waals surface area contributed by atoms with Gasteiger partial charge in [0.25, 0.3) is 0 Å². The zero-order chi connectivity index (χ0) is 16.0. The Balaban J connectivity index is 1.79. The minimum atomic E-state index is 0.291. The average molecular weight is 322 g/mol. The van der Waals surface area contributed by atoms with Crippen LogP contribution >= 0.6 is 11.8 Å². The smallest absolute Gasteiger partial charge is 0.199 e. The van der Waals surface area contributed by atoms with Crippen LogP contribution in [0.2, 0.25) is 0 Å². The summed E-state index contributed by atoms with van der Waals surface area (Å²) in [5.74, 6) is 1.12. The van der Waals surface area contributed by atoms with E-state index in [9.17, 15) is 5.11 Å². The van der Waals surface area contributed by atoms with Crippen molar-refractivity contribution in [3.05, 3.63) is 65.3 Å². The van der Waals surface area contributed by atoms with Gasteiger partial charge in [-0.3, -0.25) is 0 Å². The van der Waals surface area contributed by atoms with Gasteiger partial charge in [0, 0.05) is 28.5 Å². The van der Waals surface area contributed by atoms with E-state index in [0.717, 1.165) is 37.8 Å². The molecular weight excluding hydrogens is 306 g/mol. The Labute approximate surface area is 138 Å². The molecule has 0 radical (unpaired) electrons. The van der Waals surface area contributed by atoms with Gasteiger partial charge in [-0.25, -0.2) is 4.58 Å². The molecule has 1 aliphatic heterocycles. The van der Waals surface area contributed by atoms with E-state index in [1.54, 1.807) is 17.8 Å². The molecule has 4 rings (SSSR count). The summed E-state index contributed by atoms with van der Waals surface area (Å²) in [6.45, 7) is 0. The minimum absolute atomic E-state index is 0.291. The Hall–Kier alpha value is -2.46. The summed E-state index contributed by atoms with van der Waals surface area (Å²) < 4.78 is 8.18. The number of phenolic OH excluding ortho intramolecular Hbond substituents is 1. The largest absolute Gasteiger partial charge is 0.507 e. The van der Waals surface area contributed by atoms with Crippen LogP contribution in [0.15, 0.2) is 70.2 Å². The number of ether oxygens (including phenoxy) is 1. The van der Waals surface area contributed by atoms with Crippen molar-refractivity contribution in [1.29, 1.82) is 0 Å². The van der Waals surface area contributed by atoms with Crippen LogP contribution in [-0.2, 0) is 0 Å². The molecule has 2 aromatic rings. The van der Waals surface area contributed by atoms with Crippen LogP contribution in [0.3, 0.4) is 0 Å². The van der Waals surface area contributed by atoms with Gasteiger partial charge in [-0.1, -0.05) is 24.3 Å². The highest BCUT2D eigenvalue weighted by Gasteiger charge is 2.25. The first-order valence-electron chi connectivity index (χ1n) is 7.38. The Kier molecular flexibility index (Phi) is 3.27. The fourth-order valence-corrected chi connectivity index (χ4v) is 3.71. The molecular formula is C19H16NO2S+. The average Bonchev–Trinajstić information content (AvgIpc) is 2.99. The fraction of sp³-hybridized carbons (Fsp3) is 0.105. The SMILES string of the molecule is C[N+](C)=C1C=CC(=C2Oc3c(cc(O)c4ccccc34)S2)C=C1. The summed E-state index contributed by atoms with van der Waals surface area (Å²) in [5, 5.41) is 12.8. The Morgan fingerprint density at radius 2 is 1.70 bits per heavy atom.